The highest BCUT2D eigenvalue weighted by Gasteiger charge is 2.17. The molecular formula is C18H15ClN2O3S2. The van der Waals surface area contributed by atoms with E-state index in [4.69, 9.17) is 17.3 Å². The van der Waals surface area contributed by atoms with Crippen molar-refractivity contribution in [1.82, 2.24) is 0 Å². The summed E-state index contributed by atoms with van der Waals surface area (Å²) in [7, 11) is -3.45. The molecule has 0 saturated carbocycles. The molecule has 1 amide bonds. The first-order valence-electron chi connectivity index (χ1n) is 7.51. The summed E-state index contributed by atoms with van der Waals surface area (Å²) in [5.74, 6) is -0.559. The van der Waals surface area contributed by atoms with Gasteiger partial charge in [-0.1, -0.05) is 41.9 Å². The number of thiophene rings is 1. The van der Waals surface area contributed by atoms with Gasteiger partial charge >= 0.3 is 0 Å². The van der Waals surface area contributed by atoms with E-state index >= 15 is 0 Å². The lowest BCUT2D eigenvalue weighted by Crippen LogP contribution is -2.11. The summed E-state index contributed by atoms with van der Waals surface area (Å²) in [4.78, 5) is 13.4. The highest BCUT2D eigenvalue weighted by Crippen LogP contribution is 2.39. The Morgan fingerprint density at radius 2 is 1.77 bits per heavy atom. The minimum Gasteiger partial charge on any atom is -0.366 e. The topological polar surface area (TPSA) is 89.3 Å². The number of halogens is 1. The fraction of sp³-hybridized carbons (Fsp3) is 0.0556. The molecular weight excluding hydrogens is 392 g/mol. The zero-order chi connectivity index (χ0) is 18.9. The summed E-state index contributed by atoms with van der Waals surface area (Å²) in [6, 6.07) is 16.1. The van der Waals surface area contributed by atoms with E-state index in [0.29, 0.717) is 26.7 Å². The largest absolute Gasteiger partial charge is 0.366 e. The molecule has 1 aromatic heterocycles. The fourth-order valence-corrected chi connectivity index (χ4v) is 4.46. The summed E-state index contributed by atoms with van der Waals surface area (Å²) in [5.41, 5.74) is 7.80. The smallest absolute Gasteiger partial charge is 0.250 e. The van der Waals surface area contributed by atoms with Crippen LogP contribution in [0.1, 0.15) is 10.4 Å². The quantitative estimate of drug-likeness (QED) is 0.665. The van der Waals surface area contributed by atoms with Crippen molar-refractivity contribution in [1.29, 1.82) is 0 Å². The molecule has 0 saturated heterocycles. The van der Waals surface area contributed by atoms with Gasteiger partial charge < -0.3 is 5.73 Å². The van der Waals surface area contributed by atoms with Crippen LogP contribution in [0.25, 0.3) is 20.9 Å². The van der Waals surface area contributed by atoms with E-state index in [9.17, 15) is 13.2 Å². The number of carbonyl (C=O) groups excluding carboxylic acids is 1. The number of amides is 1. The lowest BCUT2D eigenvalue weighted by atomic mass is 10.1. The standard InChI is InChI=1S/C18H15ClN2O3S2/c1-26(23,24)21-14-8-12(7-13(19)9-14)17-15(18(20)22)10-16(25-17)11-5-3-2-4-6-11/h2-10,21H,1H3,(H2,20,22). The van der Waals surface area contributed by atoms with E-state index in [0.717, 1.165) is 16.7 Å². The fourth-order valence-electron chi connectivity index (χ4n) is 2.53. The minimum atomic E-state index is -3.45. The Balaban J connectivity index is 2.14. The molecule has 2 aromatic carbocycles. The lowest BCUT2D eigenvalue weighted by molar-refractivity contribution is 0.100. The molecule has 8 heteroatoms. The van der Waals surface area contributed by atoms with E-state index in [1.54, 1.807) is 18.2 Å². The number of rotatable bonds is 5. The Kier molecular flexibility index (Phi) is 5.04. The molecule has 0 fully saturated rings. The van der Waals surface area contributed by atoms with Crippen molar-refractivity contribution in [2.75, 3.05) is 11.0 Å². The SMILES string of the molecule is CS(=O)(=O)Nc1cc(Cl)cc(-c2sc(-c3ccccc3)cc2C(N)=O)c1. The van der Waals surface area contributed by atoms with Crippen LogP contribution in [0.15, 0.2) is 54.6 Å². The number of anilines is 1. The van der Waals surface area contributed by atoms with Crippen LogP contribution in [-0.2, 0) is 10.0 Å². The van der Waals surface area contributed by atoms with E-state index in [-0.39, 0.29) is 0 Å². The van der Waals surface area contributed by atoms with Gasteiger partial charge in [-0.25, -0.2) is 8.42 Å². The van der Waals surface area contributed by atoms with Crippen molar-refractivity contribution >= 4 is 44.6 Å². The lowest BCUT2D eigenvalue weighted by Gasteiger charge is -2.08. The summed E-state index contributed by atoms with van der Waals surface area (Å²) >= 11 is 7.53. The number of sulfonamides is 1. The molecule has 0 radical (unpaired) electrons. The summed E-state index contributed by atoms with van der Waals surface area (Å²) in [5, 5.41) is 0.346. The summed E-state index contributed by atoms with van der Waals surface area (Å²) < 4.78 is 25.4. The maximum Gasteiger partial charge on any atom is 0.250 e. The van der Waals surface area contributed by atoms with Crippen molar-refractivity contribution < 1.29 is 13.2 Å². The number of benzene rings is 2. The van der Waals surface area contributed by atoms with Gasteiger partial charge in [0.2, 0.25) is 15.9 Å². The first-order valence-corrected chi connectivity index (χ1v) is 10.6. The van der Waals surface area contributed by atoms with Crippen LogP contribution in [0.3, 0.4) is 0 Å². The molecule has 0 atom stereocenters. The summed E-state index contributed by atoms with van der Waals surface area (Å²) in [6.07, 6.45) is 1.06. The second kappa shape index (κ2) is 7.11. The zero-order valence-electron chi connectivity index (χ0n) is 13.7. The van der Waals surface area contributed by atoms with Crippen LogP contribution in [-0.4, -0.2) is 20.6 Å². The molecule has 26 heavy (non-hydrogen) atoms. The third-order valence-corrected chi connectivity index (χ3v) is 5.58. The highest BCUT2D eigenvalue weighted by molar-refractivity contribution is 7.92. The molecule has 0 aliphatic heterocycles. The Morgan fingerprint density at radius 3 is 2.38 bits per heavy atom. The van der Waals surface area contributed by atoms with Gasteiger partial charge in [0.25, 0.3) is 0 Å². The predicted molar refractivity (Wildman–Crippen MR) is 107 cm³/mol. The van der Waals surface area contributed by atoms with E-state index in [1.165, 1.54) is 17.4 Å². The molecule has 0 unspecified atom stereocenters. The Labute approximate surface area is 160 Å². The third kappa shape index (κ3) is 4.24. The van der Waals surface area contributed by atoms with Crippen molar-refractivity contribution in [2.24, 2.45) is 5.73 Å². The molecule has 134 valence electrons. The molecule has 1 heterocycles. The molecule has 5 nitrogen and oxygen atoms in total. The molecule has 0 aliphatic rings. The molecule has 0 aliphatic carbocycles. The predicted octanol–water partition coefficient (Wildman–Crippen LogP) is 4.21. The van der Waals surface area contributed by atoms with Crippen molar-refractivity contribution in [3.8, 4) is 20.9 Å². The van der Waals surface area contributed by atoms with Crippen molar-refractivity contribution in [3.63, 3.8) is 0 Å². The van der Waals surface area contributed by atoms with Gasteiger partial charge in [-0.15, -0.1) is 11.3 Å². The Hall–Kier alpha value is -2.35. The van der Waals surface area contributed by atoms with Crippen LogP contribution < -0.4 is 10.5 Å². The average Bonchev–Trinajstić information content (AvgIpc) is 2.99. The monoisotopic (exact) mass is 406 g/mol. The maximum absolute atomic E-state index is 11.9. The van der Waals surface area contributed by atoms with Gasteiger partial charge in [-0.3, -0.25) is 9.52 Å². The third-order valence-electron chi connectivity index (χ3n) is 3.52. The Bertz CT molecular complexity index is 1080. The number of nitrogens with one attached hydrogen (secondary N) is 1. The Morgan fingerprint density at radius 1 is 1.08 bits per heavy atom. The molecule has 3 N–H and O–H groups in total. The van der Waals surface area contributed by atoms with Crippen LogP contribution in [0.5, 0.6) is 0 Å². The second-order valence-corrected chi connectivity index (χ2v) is 8.92. The first-order chi connectivity index (χ1) is 12.2. The number of nitrogens with two attached hydrogens (primary N) is 1. The normalized spacial score (nSPS) is 11.3. The van der Waals surface area contributed by atoms with Gasteiger partial charge in [0.05, 0.1) is 17.5 Å². The summed E-state index contributed by atoms with van der Waals surface area (Å²) in [6.45, 7) is 0. The van der Waals surface area contributed by atoms with Gasteiger partial charge in [0, 0.05) is 14.8 Å². The van der Waals surface area contributed by atoms with Crippen molar-refractivity contribution in [3.05, 3.63) is 65.2 Å². The first kappa shape index (κ1) is 18.4. The zero-order valence-corrected chi connectivity index (χ0v) is 16.1. The maximum atomic E-state index is 11.9. The molecule has 3 aromatic rings. The number of primary amides is 1. The molecule has 0 spiro atoms. The minimum absolute atomic E-state index is 0.320. The van der Waals surface area contributed by atoms with Gasteiger partial charge in [0.1, 0.15) is 0 Å². The number of hydrogen-bond acceptors (Lipinski definition) is 4. The molecule has 0 bridgehead atoms. The highest BCUT2D eigenvalue weighted by atomic mass is 35.5. The van der Waals surface area contributed by atoms with Crippen LogP contribution in [0.4, 0.5) is 5.69 Å². The number of hydrogen-bond donors (Lipinski definition) is 2. The average molecular weight is 407 g/mol. The van der Waals surface area contributed by atoms with E-state index in [2.05, 4.69) is 4.72 Å². The van der Waals surface area contributed by atoms with Gasteiger partial charge in [-0.05, 0) is 35.4 Å². The van der Waals surface area contributed by atoms with Crippen molar-refractivity contribution in [2.45, 2.75) is 0 Å². The van der Waals surface area contributed by atoms with E-state index in [1.807, 2.05) is 30.3 Å². The van der Waals surface area contributed by atoms with Gasteiger partial charge in [0.15, 0.2) is 0 Å². The van der Waals surface area contributed by atoms with Crippen LogP contribution in [0, 0.1) is 0 Å². The van der Waals surface area contributed by atoms with Gasteiger partial charge in [-0.2, -0.15) is 0 Å². The van der Waals surface area contributed by atoms with Crippen LogP contribution in [0.2, 0.25) is 5.02 Å². The van der Waals surface area contributed by atoms with E-state index < -0.39 is 15.9 Å². The van der Waals surface area contributed by atoms with Crippen LogP contribution >= 0.6 is 22.9 Å². The second-order valence-electron chi connectivity index (χ2n) is 5.69. The number of carbonyl (C=O) groups is 1. The molecule has 3 rings (SSSR count).